The zero-order valence-electron chi connectivity index (χ0n) is 12.1. The highest BCUT2D eigenvalue weighted by Crippen LogP contribution is 2.23. The van der Waals surface area contributed by atoms with E-state index in [4.69, 9.17) is 23.2 Å². The molecule has 1 N–H and O–H groups in total. The van der Waals surface area contributed by atoms with E-state index in [1.165, 1.54) is 0 Å². The van der Waals surface area contributed by atoms with Gasteiger partial charge < -0.3 is 10.2 Å². The zero-order valence-corrected chi connectivity index (χ0v) is 14.4. The molecule has 1 aromatic rings. The number of amides is 1. The second-order valence-electron chi connectivity index (χ2n) is 5.10. The van der Waals surface area contributed by atoms with Gasteiger partial charge in [0.15, 0.2) is 0 Å². The lowest BCUT2D eigenvalue weighted by atomic mass is 10.0. The molecule has 0 aliphatic carbocycles. The molecule has 3 nitrogen and oxygen atoms in total. The Labute approximate surface area is 142 Å². The molecule has 1 aromatic carbocycles. The van der Waals surface area contributed by atoms with Crippen LogP contribution in [0, 0.1) is 0 Å². The Bertz CT molecular complexity index is 476. The predicted molar refractivity (Wildman–Crippen MR) is 90.4 cm³/mol. The number of carbonyl (C=O) groups is 1. The van der Waals surface area contributed by atoms with Crippen LogP contribution in [0.3, 0.4) is 0 Å². The number of carbonyl (C=O) groups excluding carboxylic acids is 1. The summed E-state index contributed by atoms with van der Waals surface area (Å²) in [7, 11) is 0. The maximum absolute atomic E-state index is 12.5. The van der Waals surface area contributed by atoms with Gasteiger partial charge in [0, 0.05) is 13.1 Å². The van der Waals surface area contributed by atoms with E-state index >= 15 is 0 Å². The molecule has 1 aliphatic heterocycles. The molecule has 0 radical (unpaired) electrons. The van der Waals surface area contributed by atoms with E-state index in [1.54, 1.807) is 6.07 Å². The molecule has 1 amide bonds. The summed E-state index contributed by atoms with van der Waals surface area (Å²) in [6.07, 6.45) is 3.20. The van der Waals surface area contributed by atoms with Gasteiger partial charge in [0.2, 0.25) is 5.91 Å². The summed E-state index contributed by atoms with van der Waals surface area (Å²) in [6, 6.07) is 5.48. The molecule has 1 unspecified atom stereocenters. The highest BCUT2D eigenvalue weighted by atomic mass is 35.5. The van der Waals surface area contributed by atoms with Crippen LogP contribution in [0.2, 0.25) is 10.0 Å². The topological polar surface area (TPSA) is 32.3 Å². The van der Waals surface area contributed by atoms with Crippen LogP contribution in [0.1, 0.15) is 31.7 Å². The van der Waals surface area contributed by atoms with Crippen LogP contribution < -0.4 is 5.32 Å². The van der Waals surface area contributed by atoms with E-state index in [2.05, 4.69) is 5.32 Å². The highest BCUT2D eigenvalue weighted by Gasteiger charge is 2.24. The summed E-state index contributed by atoms with van der Waals surface area (Å²) in [6.45, 7) is 4.20. The number of piperidine rings is 1. The SMILES string of the molecule is CCN(Cc1ccc(Cl)c(Cl)c1)C(=O)C1CCCCN1.Cl. The van der Waals surface area contributed by atoms with Crippen molar-refractivity contribution in [3.05, 3.63) is 33.8 Å². The number of rotatable bonds is 4. The first kappa shape index (κ1) is 18.6. The summed E-state index contributed by atoms with van der Waals surface area (Å²) in [5.41, 5.74) is 1.01. The van der Waals surface area contributed by atoms with E-state index in [1.807, 2.05) is 24.0 Å². The average molecular weight is 352 g/mol. The van der Waals surface area contributed by atoms with Gasteiger partial charge in [-0.2, -0.15) is 0 Å². The van der Waals surface area contributed by atoms with Gasteiger partial charge in [-0.3, -0.25) is 4.79 Å². The van der Waals surface area contributed by atoms with Gasteiger partial charge in [0.25, 0.3) is 0 Å². The largest absolute Gasteiger partial charge is 0.337 e. The molecule has 1 aliphatic rings. The molecule has 0 saturated carbocycles. The summed E-state index contributed by atoms with van der Waals surface area (Å²) < 4.78 is 0. The second kappa shape index (κ2) is 8.84. The van der Waals surface area contributed by atoms with Crippen LogP contribution in [0.25, 0.3) is 0 Å². The zero-order chi connectivity index (χ0) is 14.5. The normalized spacial score (nSPS) is 18.0. The van der Waals surface area contributed by atoms with E-state index in [0.717, 1.165) is 31.4 Å². The molecule has 118 valence electrons. The van der Waals surface area contributed by atoms with Gasteiger partial charge in [0.1, 0.15) is 0 Å². The lowest BCUT2D eigenvalue weighted by Gasteiger charge is -2.29. The fourth-order valence-corrected chi connectivity index (χ4v) is 2.81. The first-order chi connectivity index (χ1) is 9.61. The maximum atomic E-state index is 12.5. The monoisotopic (exact) mass is 350 g/mol. The molecule has 1 fully saturated rings. The lowest BCUT2D eigenvalue weighted by molar-refractivity contribution is -0.134. The lowest BCUT2D eigenvalue weighted by Crippen LogP contribution is -2.48. The molecule has 1 saturated heterocycles. The molecule has 0 aromatic heterocycles. The van der Waals surface area contributed by atoms with E-state index in [9.17, 15) is 4.79 Å². The standard InChI is InChI=1S/C15H20Cl2N2O.ClH/c1-2-19(15(20)14-5-3-4-8-18-14)10-11-6-7-12(16)13(17)9-11;/h6-7,9,14,18H,2-5,8,10H2,1H3;1H. The number of hydrogen-bond donors (Lipinski definition) is 1. The van der Waals surface area contributed by atoms with Crippen molar-refractivity contribution in [2.24, 2.45) is 0 Å². The minimum atomic E-state index is -0.0357. The van der Waals surface area contributed by atoms with Crippen LogP contribution in [-0.2, 0) is 11.3 Å². The van der Waals surface area contributed by atoms with Crippen molar-refractivity contribution in [2.75, 3.05) is 13.1 Å². The second-order valence-corrected chi connectivity index (χ2v) is 5.92. The first-order valence-corrected chi connectivity index (χ1v) is 7.83. The third-order valence-electron chi connectivity index (χ3n) is 3.66. The van der Waals surface area contributed by atoms with Gasteiger partial charge in [-0.05, 0) is 44.0 Å². The molecule has 1 atom stereocenters. The van der Waals surface area contributed by atoms with Crippen LogP contribution >= 0.6 is 35.6 Å². The Kier molecular flexibility index (Phi) is 7.82. The van der Waals surface area contributed by atoms with Crippen molar-refractivity contribution in [3.63, 3.8) is 0 Å². The summed E-state index contributed by atoms with van der Waals surface area (Å²) in [5, 5.41) is 4.37. The first-order valence-electron chi connectivity index (χ1n) is 7.08. The van der Waals surface area contributed by atoms with E-state index in [0.29, 0.717) is 23.1 Å². The molecule has 0 spiro atoms. The number of nitrogens with one attached hydrogen (secondary N) is 1. The predicted octanol–water partition coefficient (Wildman–Crippen LogP) is 3.91. The van der Waals surface area contributed by atoms with E-state index < -0.39 is 0 Å². The quantitative estimate of drug-likeness (QED) is 0.892. The number of hydrogen-bond acceptors (Lipinski definition) is 2. The van der Waals surface area contributed by atoms with Crippen molar-refractivity contribution < 1.29 is 4.79 Å². The van der Waals surface area contributed by atoms with Gasteiger partial charge >= 0.3 is 0 Å². The Morgan fingerprint density at radius 1 is 1.33 bits per heavy atom. The van der Waals surface area contributed by atoms with Gasteiger partial charge in [-0.15, -0.1) is 12.4 Å². The fraction of sp³-hybridized carbons (Fsp3) is 0.533. The summed E-state index contributed by atoms with van der Waals surface area (Å²) in [4.78, 5) is 14.4. The van der Waals surface area contributed by atoms with Crippen molar-refractivity contribution in [3.8, 4) is 0 Å². The molecular formula is C15H21Cl3N2O. The third kappa shape index (κ3) is 5.03. The molecule has 1 heterocycles. The maximum Gasteiger partial charge on any atom is 0.239 e. The van der Waals surface area contributed by atoms with Crippen LogP contribution in [-0.4, -0.2) is 29.9 Å². The number of halogens is 3. The smallest absolute Gasteiger partial charge is 0.239 e. The molecule has 0 bridgehead atoms. The minimum Gasteiger partial charge on any atom is -0.337 e. The Morgan fingerprint density at radius 3 is 2.67 bits per heavy atom. The van der Waals surface area contributed by atoms with Crippen molar-refractivity contribution >= 4 is 41.5 Å². The highest BCUT2D eigenvalue weighted by molar-refractivity contribution is 6.42. The Balaban J connectivity index is 0.00000220. The van der Waals surface area contributed by atoms with Gasteiger partial charge in [-0.25, -0.2) is 0 Å². The van der Waals surface area contributed by atoms with Gasteiger partial charge in [0.05, 0.1) is 16.1 Å². The Morgan fingerprint density at radius 2 is 2.10 bits per heavy atom. The summed E-state index contributed by atoms with van der Waals surface area (Å²) >= 11 is 11.9. The molecule has 6 heteroatoms. The Hall–Kier alpha value is -0.480. The van der Waals surface area contributed by atoms with Crippen LogP contribution in [0.5, 0.6) is 0 Å². The molecule has 2 rings (SSSR count). The van der Waals surface area contributed by atoms with Crippen molar-refractivity contribution in [1.29, 1.82) is 0 Å². The van der Waals surface area contributed by atoms with E-state index in [-0.39, 0.29) is 24.4 Å². The average Bonchev–Trinajstić information content (AvgIpc) is 2.48. The molecular weight excluding hydrogens is 331 g/mol. The summed E-state index contributed by atoms with van der Waals surface area (Å²) in [5.74, 6) is 0.179. The van der Waals surface area contributed by atoms with Crippen molar-refractivity contribution in [1.82, 2.24) is 10.2 Å². The molecule has 21 heavy (non-hydrogen) atoms. The number of nitrogens with zero attached hydrogens (tertiary/aromatic N) is 1. The minimum absolute atomic E-state index is 0. The number of benzene rings is 1. The van der Waals surface area contributed by atoms with Crippen LogP contribution in [0.15, 0.2) is 18.2 Å². The van der Waals surface area contributed by atoms with Crippen molar-refractivity contribution in [2.45, 2.75) is 38.8 Å². The van der Waals surface area contributed by atoms with Crippen LogP contribution in [0.4, 0.5) is 0 Å². The fourth-order valence-electron chi connectivity index (χ4n) is 2.49. The number of likely N-dealkylation sites (N-methyl/N-ethyl adjacent to an activating group) is 1. The van der Waals surface area contributed by atoms with Gasteiger partial charge in [-0.1, -0.05) is 35.7 Å². The third-order valence-corrected chi connectivity index (χ3v) is 4.40.